The van der Waals surface area contributed by atoms with Crippen molar-refractivity contribution in [1.29, 1.82) is 0 Å². The van der Waals surface area contributed by atoms with Crippen LogP contribution < -0.4 is 10.9 Å². The zero-order valence-corrected chi connectivity index (χ0v) is 16.6. The van der Waals surface area contributed by atoms with Gasteiger partial charge in [0.2, 0.25) is 5.91 Å². The summed E-state index contributed by atoms with van der Waals surface area (Å²) in [5, 5.41) is 7.20. The summed E-state index contributed by atoms with van der Waals surface area (Å²) in [5.74, 6) is 0.199. The van der Waals surface area contributed by atoms with Crippen molar-refractivity contribution in [2.24, 2.45) is 5.92 Å². The molecule has 3 rings (SSSR count). The van der Waals surface area contributed by atoms with Crippen LogP contribution in [0.2, 0.25) is 0 Å². The molecule has 1 aromatic carbocycles. The molecule has 7 nitrogen and oxygen atoms in total. The second-order valence-electron chi connectivity index (χ2n) is 7.43. The molecule has 0 radical (unpaired) electrons. The molecule has 0 aliphatic heterocycles. The predicted octanol–water partition coefficient (Wildman–Crippen LogP) is 2.82. The van der Waals surface area contributed by atoms with Crippen LogP contribution in [-0.2, 0) is 24.1 Å². The highest BCUT2D eigenvalue weighted by Crippen LogP contribution is 2.29. The molecule has 160 valence electrons. The molecule has 10 heteroatoms. The summed E-state index contributed by atoms with van der Waals surface area (Å²) in [7, 11) is 0. The Morgan fingerprint density at radius 2 is 2.03 bits per heavy atom. The predicted molar refractivity (Wildman–Crippen MR) is 105 cm³/mol. The van der Waals surface area contributed by atoms with E-state index < -0.39 is 17.3 Å². The van der Waals surface area contributed by atoms with Gasteiger partial charge in [0.1, 0.15) is 11.7 Å². The first-order valence-electron chi connectivity index (χ1n) is 9.49. The van der Waals surface area contributed by atoms with Crippen LogP contribution in [0.3, 0.4) is 0 Å². The van der Waals surface area contributed by atoms with Crippen LogP contribution in [0.15, 0.2) is 41.6 Å². The van der Waals surface area contributed by atoms with Gasteiger partial charge in [-0.15, -0.1) is 0 Å². The van der Waals surface area contributed by atoms with Gasteiger partial charge in [0.05, 0.1) is 24.8 Å². The van der Waals surface area contributed by atoms with Crippen molar-refractivity contribution in [3.05, 3.63) is 58.3 Å². The molecule has 3 aromatic rings. The lowest BCUT2D eigenvalue weighted by atomic mass is 10.1. The first-order chi connectivity index (χ1) is 14.1. The van der Waals surface area contributed by atoms with E-state index in [0.29, 0.717) is 30.7 Å². The number of halogens is 3. The summed E-state index contributed by atoms with van der Waals surface area (Å²) in [4.78, 5) is 28.7. The smallest absolute Gasteiger partial charge is 0.354 e. The monoisotopic (exact) mass is 421 g/mol. The molecule has 0 saturated carbocycles. The van der Waals surface area contributed by atoms with Gasteiger partial charge in [-0.1, -0.05) is 26.0 Å². The van der Waals surface area contributed by atoms with Gasteiger partial charge in [-0.3, -0.25) is 14.2 Å². The fraction of sp³-hybridized carbons (Fsp3) is 0.400. The van der Waals surface area contributed by atoms with Gasteiger partial charge in [-0.05, 0) is 23.6 Å². The number of hydrogen-bond donors (Lipinski definition) is 1. The number of fused-ring (bicyclic) bond motifs is 1. The number of aromatic nitrogens is 4. The maximum absolute atomic E-state index is 12.9. The van der Waals surface area contributed by atoms with Crippen LogP contribution in [0, 0.1) is 5.92 Å². The Balaban J connectivity index is 1.75. The molecule has 0 unspecified atom stereocenters. The van der Waals surface area contributed by atoms with Crippen molar-refractivity contribution >= 4 is 16.9 Å². The van der Waals surface area contributed by atoms with Crippen LogP contribution in [0.25, 0.3) is 11.0 Å². The number of hydrogen-bond acceptors (Lipinski definition) is 4. The number of carbonyl (C=O) groups excluding carboxylic acids is 1. The number of rotatable bonds is 7. The number of nitrogens with one attached hydrogen (secondary N) is 1. The zero-order chi connectivity index (χ0) is 21.9. The van der Waals surface area contributed by atoms with E-state index in [9.17, 15) is 22.8 Å². The Bertz CT molecular complexity index is 1100. The van der Waals surface area contributed by atoms with E-state index >= 15 is 0 Å². The molecular weight excluding hydrogens is 399 g/mol. The normalized spacial score (nSPS) is 11.9. The molecule has 2 aromatic heterocycles. The number of amides is 1. The largest absolute Gasteiger partial charge is 0.416 e. The average molecular weight is 421 g/mol. The van der Waals surface area contributed by atoms with E-state index in [2.05, 4.69) is 15.4 Å². The highest BCUT2D eigenvalue weighted by atomic mass is 19.4. The molecule has 1 amide bonds. The third-order valence-corrected chi connectivity index (χ3v) is 4.47. The zero-order valence-electron chi connectivity index (χ0n) is 16.6. The van der Waals surface area contributed by atoms with Crippen molar-refractivity contribution in [2.75, 3.05) is 6.54 Å². The quantitative estimate of drug-likeness (QED) is 0.636. The summed E-state index contributed by atoms with van der Waals surface area (Å²) in [6, 6.07) is 4.83. The Labute approximate surface area is 170 Å². The fourth-order valence-corrected chi connectivity index (χ4v) is 3.06. The Morgan fingerprint density at radius 1 is 1.27 bits per heavy atom. The summed E-state index contributed by atoms with van der Waals surface area (Å²) in [6.07, 6.45) is -1.35. The molecule has 0 spiro atoms. The van der Waals surface area contributed by atoms with Gasteiger partial charge >= 0.3 is 6.18 Å². The second kappa shape index (κ2) is 8.68. The standard InChI is InChI=1S/C20H22F3N5O2/c1-13(2)8-17(29)24-6-7-28-18-16(10-26-28)19(30)27(12-25-18)11-14-4-3-5-15(9-14)20(21,22)23/h3-5,9-10,12-13H,6-8,11H2,1-2H3,(H,24,29). The number of benzene rings is 1. The fourth-order valence-electron chi connectivity index (χ4n) is 3.06. The molecule has 0 atom stereocenters. The van der Waals surface area contributed by atoms with Gasteiger partial charge in [0.25, 0.3) is 5.56 Å². The lowest BCUT2D eigenvalue weighted by molar-refractivity contribution is -0.137. The number of nitrogens with zero attached hydrogens (tertiary/aromatic N) is 4. The first kappa shape index (κ1) is 21.5. The van der Waals surface area contributed by atoms with Gasteiger partial charge in [-0.25, -0.2) is 9.67 Å². The maximum Gasteiger partial charge on any atom is 0.416 e. The van der Waals surface area contributed by atoms with E-state index in [-0.39, 0.29) is 23.8 Å². The van der Waals surface area contributed by atoms with Crippen LogP contribution in [0.1, 0.15) is 31.4 Å². The van der Waals surface area contributed by atoms with Crippen molar-refractivity contribution in [2.45, 2.75) is 39.5 Å². The molecule has 0 aliphatic rings. The molecule has 0 fully saturated rings. The Morgan fingerprint density at radius 3 is 2.73 bits per heavy atom. The molecule has 0 aliphatic carbocycles. The minimum Gasteiger partial charge on any atom is -0.354 e. The van der Waals surface area contributed by atoms with Crippen LogP contribution >= 0.6 is 0 Å². The summed E-state index contributed by atoms with van der Waals surface area (Å²) < 4.78 is 41.4. The topological polar surface area (TPSA) is 81.8 Å². The molecular formula is C20H22F3N5O2. The average Bonchev–Trinajstić information content (AvgIpc) is 3.07. The third-order valence-electron chi connectivity index (χ3n) is 4.47. The van der Waals surface area contributed by atoms with Gasteiger partial charge in [0.15, 0.2) is 5.65 Å². The van der Waals surface area contributed by atoms with E-state index in [1.54, 1.807) is 0 Å². The first-order valence-corrected chi connectivity index (χ1v) is 9.49. The maximum atomic E-state index is 12.9. The number of alkyl halides is 3. The second-order valence-corrected chi connectivity index (χ2v) is 7.43. The van der Waals surface area contributed by atoms with E-state index in [4.69, 9.17) is 0 Å². The molecule has 0 bridgehead atoms. The van der Waals surface area contributed by atoms with E-state index in [1.165, 1.54) is 33.9 Å². The van der Waals surface area contributed by atoms with Crippen LogP contribution in [-0.4, -0.2) is 31.8 Å². The SMILES string of the molecule is CC(C)CC(=O)NCCn1ncc2c(=O)n(Cc3cccc(C(F)(F)F)c3)cnc21. The van der Waals surface area contributed by atoms with Gasteiger partial charge in [0, 0.05) is 13.0 Å². The third kappa shape index (κ3) is 5.05. The lowest BCUT2D eigenvalue weighted by Crippen LogP contribution is -2.28. The van der Waals surface area contributed by atoms with E-state index in [0.717, 1.165) is 12.1 Å². The number of carbonyl (C=O) groups is 1. The summed E-state index contributed by atoms with van der Waals surface area (Å²) in [5.41, 5.74) is -0.464. The van der Waals surface area contributed by atoms with Crippen molar-refractivity contribution < 1.29 is 18.0 Å². The molecule has 1 N–H and O–H groups in total. The molecule has 0 saturated heterocycles. The van der Waals surface area contributed by atoms with Crippen molar-refractivity contribution in [1.82, 2.24) is 24.6 Å². The summed E-state index contributed by atoms with van der Waals surface area (Å²) >= 11 is 0. The van der Waals surface area contributed by atoms with E-state index in [1.807, 2.05) is 13.8 Å². The highest BCUT2D eigenvalue weighted by Gasteiger charge is 2.30. The van der Waals surface area contributed by atoms with Gasteiger partial charge < -0.3 is 5.32 Å². The van der Waals surface area contributed by atoms with Crippen LogP contribution in [0.5, 0.6) is 0 Å². The Hall–Kier alpha value is -3.17. The van der Waals surface area contributed by atoms with Crippen LogP contribution in [0.4, 0.5) is 13.2 Å². The minimum absolute atomic E-state index is 0.0396. The van der Waals surface area contributed by atoms with Crippen molar-refractivity contribution in [3.63, 3.8) is 0 Å². The molecule has 2 heterocycles. The van der Waals surface area contributed by atoms with Gasteiger partial charge in [-0.2, -0.15) is 18.3 Å². The summed E-state index contributed by atoms with van der Waals surface area (Å²) in [6.45, 7) is 4.56. The van der Waals surface area contributed by atoms with Crippen molar-refractivity contribution in [3.8, 4) is 0 Å². The highest BCUT2D eigenvalue weighted by molar-refractivity contribution is 5.76. The molecule has 30 heavy (non-hydrogen) atoms. The lowest BCUT2D eigenvalue weighted by Gasteiger charge is -2.10. The minimum atomic E-state index is -4.45. The Kier molecular flexibility index (Phi) is 6.23.